The second kappa shape index (κ2) is 8.16. The monoisotopic (exact) mass is 444 g/mol. The number of hydrogen-bond acceptors (Lipinski definition) is 2. The molecule has 3 rings (SSSR count). The molecule has 0 amide bonds. The number of carbonyl (C=O) groups is 1. The highest BCUT2D eigenvalue weighted by molar-refractivity contribution is 14.1. The van der Waals surface area contributed by atoms with E-state index in [1.807, 2.05) is 78.9 Å². The fraction of sp³-hybridized carbons (Fsp3) is 0.0952. The number of ether oxygens (including phenoxy) is 1. The van der Waals surface area contributed by atoms with Gasteiger partial charge in [-0.15, -0.1) is 0 Å². The number of carboxylic acids is 1. The van der Waals surface area contributed by atoms with E-state index >= 15 is 0 Å². The van der Waals surface area contributed by atoms with Crippen LogP contribution in [-0.2, 0) is 11.2 Å². The second-order valence-corrected chi connectivity index (χ2v) is 6.91. The lowest BCUT2D eigenvalue weighted by Crippen LogP contribution is -2.29. The zero-order chi connectivity index (χ0) is 17.6. The molecule has 0 fully saturated rings. The SMILES string of the molecule is O=C(O)C(Cc1ccc(I)cc1)Oc1ccc(-c2ccccc2)cc1. The van der Waals surface area contributed by atoms with Gasteiger partial charge in [-0.1, -0.05) is 54.6 Å². The number of hydrogen-bond donors (Lipinski definition) is 1. The molecule has 1 unspecified atom stereocenters. The Morgan fingerprint density at radius 1 is 0.880 bits per heavy atom. The summed E-state index contributed by atoms with van der Waals surface area (Å²) >= 11 is 2.22. The highest BCUT2D eigenvalue weighted by Crippen LogP contribution is 2.23. The van der Waals surface area contributed by atoms with E-state index in [0.29, 0.717) is 12.2 Å². The predicted molar refractivity (Wildman–Crippen MR) is 107 cm³/mol. The first-order chi connectivity index (χ1) is 12.1. The van der Waals surface area contributed by atoms with Gasteiger partial charge in [0, 0.05) is 9.99 Å². The van der Waals surface area contributed by atoms with Crippen molar-refractivity contribution in [3.05, 3.63) is 88.0 Å². The van der Waals surface area contributed by atoms with Crippen LogP contribution in [0.1, 0.15) is 5.56 Å². The van der Waals surface area contributed by atoms with Crippen molar-refractivity contribution in [2.75, 3.05) is 0 Å². The van der Waals surface area contributed by atoms with E-state index in [4.69, 9.17) is 4.74 Å². The third kappa shape index (κ3) is 4.82. The molecule has 4 heteroatoms. The summed E-state index contributed by atoms with van der Waals surface area (Å²) in [7, 11) is 0. The fourth-order valence-electron chi connectivity index (χ4n) is 2.53. The van der Waals surface area contributed by atoms with E-state index in [2.05, 4.69) is 22.6 Å². The van der Waals surface area contributed by atoms with E-state index in [-0.39, 0.29) is 0 Å². The molecule has 0 saturated carbocycles. The molecule has 0 heterocycles. The smallest absolute Gasteiger partial charge is 0.345 e. The molecule has 0 radical (unpaired) electrons. The van der Waals surface area contributed by atoms with Crippen molar-refractivity contribution in [2.24, 2.45) is 0 Å². The number of rotatable bonds is 6. The molecule has 3 aromatic rings. The Morgan fingerprint density at radius 3 is 2.08 bits per heavy atom. The highest BCUT2D eigenvalue weighted by atomic mass is 127. The van der Waals surface area contributed by atoms with Crippen LogP contribution in [0.15, 0.2) is 78.9 Å². The topological polar surface area (TPSA) is 46.5 Å². The molecule has 1 N–H and O–H groups in total. The number of halogens is 1. The summed E-state index contributed by atoms with van der Waals surface area (Å²) in [5.41, 5.74) is 3.12. The van der Waals surface area contributed by atoms with Gasteiger partial charge in [-0.2, -0.15) is 0 Å². The van der Waals surface area contributed by atoms with Crippen molar-refractivity contribution < 1.29 is 14.6 Å². The van der Waals surface area contributed by atoms with Crippen LogP contribution in [0.25, 0.3) is 11.1 Å². The minimum atomic E-state index is -0.967. The Balaban J connectivity index is 1.72. The number of carboxylic acid groups (broad SMARTS) is 1. The van der Waals surface area contributed by atoms with Gasteiger partial charge in [0.15, 0.2) is 6.10 Å². The molecule has 3 aromatic carbocycles. The average Bonchev–Trinajstić information content (AvgIpc) is 2.64. The predicted octanol–water partition coefficient (Wildman–Crippen LogP) is 5.03. The van der Waals surface area contributed by atoms with Gasteiger partial charge in [0.25, 0.3) is 0 Å². The summed E-state index contributed by atoms with van der Waals surface area (Å²) in [5.74, 6) is -0.414. The lowest BCUT2D eigenvalue weighted by molar-refractivity contribution is -0.145. The molecule has 25 heavy (non-hydrogen) atoms. The average molecular weight is 444 g/mol. The third-order valence-electron chi connectivity index (χ3n) is 3.85. The summed E-state index contributed by atoms with van der Waals surface area (Å²) < 4.78 is 6.82. The van der Waals surface area contributed by atoms with Crippen molar-refractivity contribution in [1.82, 2.24) is 0 Å². The Bertz CT molecular complexity index is 827. The van der Waals surface area contributed by atoms with Crippen molar-refractivity contribution in [2.45, 2.75) is 12.5 Å². The molecule has 0 aliphatic rings. The van der Waals surface area contributed by atoms with Gasteiger partial charge < -0.3 is 9.84 Å². The maximum absolute atomic E-state index is 11.5. The zero-order valence-corrected chi connectivity index (χ0v) is 15.6. The highest BCUT2D eigenvalue weighted by Gasteiger charge is 2.20. The summed E-state index contributed by atoms with van der Waals surface area (Å²) in [5, 5.41) is 9.46. The van der Waals surface area contributed by atoms with Gasteiger partial charge >= 0.3 is 5.97 Å². The molecular formula is C21H17IO3. The van der Waals surface area contributed by atoms with Crippen molar-refractivity contribution >= 4 is 28.6 Å². The van der Waals surface area contributed by atoms with Gasteiger partial charge in [0.1, 0.15) is 5.75 Å². The van der Waals surface area contributed by atoms with E-state index in [0.717, 1.165) is 20.3 Å². The van der Waals surface area contributed by atoms with Gasteiger partial charge in [0.05, 0.1) is 0 Å². The van der Waals surface area contributed by atoms with E-state index in [9.17, 15) is 9.90 Å². The molecule has 0 saturated heterocycles. The molecule has 3 nitrogen and oxygen atoms in total. The van der Waals surface area contributed by atoms with Gasteiger partial charge in [-0.3, -0.25) is 0 Å². The largest absolute Gasteiger partial charge is 0.478 e. The van der Waals surface area contributed by atoms with Crippen molar-refractivity contribution in [3.63, 3.8) is 0 Å². The van der Waals surface area contributed by atoms with E-state index in [1.165, 1.54) is 0 Å². The van der Waals surface area contributed by atoms with Gasteiger partial charge in [-0.25, -0.2) is 4.79 Å². The van der Waals surface area contributed by atoms with Gasteiger partial charge in [-0.05, 0) is 63.5 Å². The first-order valence-corrected chi connectivity index (χ1v) is 8.99. The Labute approximate surface area is 160 Å². The Morgan fingerprint density at radius 2 is 1.48 bits per heavy atom. The van der Waals surface area contributed by atoms with E-state index in [1.54, 1.807) is 0 Å². The standard InChI is InChI=1S/C21H17IO3/c22-18-10-6-15(7-11-18)14-20(21(23)24)25-19-12-8-17(9-13-19)16-4-2-1-3-5-16/h1-13,20H,14H2,(H,23,24). The molecule has 0 aliphatic heterocycles. The third-order valence-corrected chi connectivity index (χ3v) is 4.57. The summed E-state index contributed by atoms with van der Waals surface area (Å²) in [6.45, 7) is 0. The fourth-order valence-corrected chi connectivity index (χ4v) is 2.89. The number of aliphatic carboxylic acids is 1. The van der Waals surface area contributed by atoms with Crippen LogP contribution in [0.5, 0.6) is 5.75 Å². The number of benzene rings is 3. The zero-order valence-electron chi connectivity index (χ0n) is 13.4. The molecule has 126 valence electrons. The van der Waals surface area contributed by atoms with Gasteiger partial charge in [0.2, 0.25) is 0 Å². The molecule has 0 aromatic heterocycles. The van der Waals surface area contributed by atoms with E-state index < -0.39 is 12.1 Å². The normalized spacial score (nSPS) is 11.7. The van der Waals surface area contributed by atoms with Crippen LogP contribution in [0.3, 0.4) is 0 Å². The maximum atomic E-state index is 11.5. The van der Waals surface area contributed by atoms with Crippen LogP contribution < -0.4 is 4.74 Å². The molecule has 0 spiro atoms. The van der Waals surface area contributed by atoms with Crippen LogP contribution in [0.4, 0.5) is 0 Å². The van der Waals surface area contributed by atoms with Crippen molar-refractivity contribution in [1.29, 1.82) is 0 Å². The Hall–Kier alpha value is -2.34. The molecule has 0 aliphatic carbocycles. The Kier molecular flexibility index (Phi) is 5.71. The minimum absolute atomic E-state index is 0.326. The molecule has 0 bridgehead atoms. The van der Waals surface area contributed by atoms with Crippen LogP contribution in [0.2, 0.25) is 0 Å². The quantitative estimate of drug-likeness (QED) is 0.543. The van der Waals surface area contributed by atoms with Crippen LogP contribution >= 0.6 is 22.6 Å². The second-order valence-electron chi connectivity index (χ2n) is 5.67. The van der Waals surface area contributed by atoms with Crippen LogP contribution in [0, 0.1) is 3.57 Å². The summed E-state index contributed by atoms with van der Waals surface area (Å²) in [6, 6.07) is 25.3. The first kappa shape index (κ1) is 17.5. The minimum Gasteiger partial charge on any atom is -0.478 e. The summed E-state index contributed by atoms with van der Waals surface area (Å²) in [6.07, 6.45) is -0.588. The first-order valence-electron chi connectivity index (χ1n) is 7.91. The molecular weight excluding hydrogens is 427 g/mol. The van der Waals surface area contributed by atoms with Crippen molar-refractivity contribution in [3.8, 4) is 16.9 Å². The maximum Gasteiger partial charge on any atom is 0.345 e. The molecule has 1 atom stereocenters. The lowest BCUT2D eigenvalue weighted by atomic mass is 10.1. The van der Waals surface area contributed by atoms with Crippen LogP contribution in [-0.4, -0.2) is 17.2 Å². The summed E-state index contributed by atoms with van der Waals surface area (Å²) in [4.78, 5) is 11.5. The lowest BCUT2D eigenvalue weighted by Gasteiger charge is -2.15.